The van der Waals surface area contributed by atoms with Gasteiger partial charge in [-0.1, -0.05) is 231 Å². The number of carbonyl (C=O) groups is 1. The minimum atomic E-state index is -0.746. The van der Waals surface area contributed by atoms with Crippen molar-refractivity contribution in [2.75, 3.05) is 6.61 Å². The number of nitrogens with one attached hydrogen (secondary N) is 1. The molecule has 316 valence electrons. The average molecular weight is 750 g/mol. The van der Waals surface area contributed by atoms with Crippen LogP contribution in [0.2, 0.25) is 0 Å². The van der Waals surface area contributed by atoms with Crippen molar-refractivity contribution >= 4 is 5.91 Å². The molecule has 0 aliphatic carbocycles. The quantitative estimate of drug-likeness (QED) is 0.0369. The highest BCUT2D eigenvalue weighted by Crippen LogP contribution is 2.17. The van der Waals surface area contributed by atoms with Crippen molar-refractivity contribution < 1.29 is 20.1 Å². The highest BCUT2D eigenvalue weighted by Gasteiger charge is 2.21. The molecule has 0 fully saturated rings. The summed E-state index contributed by atoms with van der Waals surface area (Å²) in [5.41, 5.74) is 0. The maximum atomic E-state index is 12.5. The molecule has 5 nitrogen and oxygen atoms in total. The monoisotopic (exact) mass is 750 g/mol. The van der Waals surface area contributed by atoms with E-state index in [0.29, 0.717) is 12.8 Å². The van der Waals surface area contributed by atoms with Crippen LogP contribution in [0.3, 0.4) is 0 Å². The van der Waals surface area contributed by atoms with E-state index in [-0.39, 0.29) is 18.9 Å². The molecule has 0 aromatic carbocycles. The molecule has 0 aliphatic heterocycles. The topological polar surface area (TPSA) is 89.8 Å². The molecule has 0 radical (unpaired) electrons. The highest BCUT2D eigenvalue weighted by atomic mass is 16.3. The molecule has 3 unspecified atom stereocenters. The Morgan fingerprint density at radius 1 is 0.453 bits per heavy atom. The van der Waals surface area contributed by atoms with E-state index in [9.17, 15) is 20.1 Å². The molecule has 53 heavy (non-hydrogen) atoms. The SMILES string of the molecule is CCCCCCCCCCCCCC/C=C\CCCCCCCCCCC(O)CC(=O)NC(CO)C(O)CCCCCCCCCCCCCCCC. The Balaban J connectivity index is 3.55. The summed E-state index contributed by atoms with van der Waals surface area (Å²) in [5, 5.41) is 33.4. The van der Waals surface area contributed by atoms with Crippen molar-refractivity contribution in [2.45, 2.75) is 283 Å². The Kier molecular flexibility index (Phi) is 43.1. The first-order valence-electron chi connectivity index (χ1n) is 24.0. The van der Waals surface area contributed by atoms with Crippen LogP contribution in [0.25, 0.3) is 0 Å². The van der Waals surface area contributed by atoms with Gasteiger partial charge in [-0.15, -0.1) is 0 Å². The minimum Gasteiger partial charge on any atom is -0.394 e. The van der Waals surface area contributed by atoms with Gasteiger partial charge in [0.05, 0.1) is 31.3 Å². The molecule has 0 saturated heterocycles. The molecule has 0 aromatic heterocycles. The normalized spacial score (nSPS) is 13.5. The van der Waals surface area contributed by atoms with Gasteiger partial charge in [-0.3, -0.25) is 4.79 Å². The molecule has 3 atom stereocenters. The number of carbonyl (C=O) groups excluding carboxylic acids is 1. The Morgan fingerprint density at radius 3 is 1.09 bits per heavy atom. The van der Waals surface area contributed by atoms with Crippen LogP contribution in [0.15, 0.2) is 12.2 Å². The fraction of sp³-hybridized carbons (Fsp3) is 0.938. The number of amides is 1. The second-order valence-electron chi connectivity index (χ2n) is 16.7. The van der Waals surface area contributed by atoms with Crippen LogP contribution in [0, 0.1) is 0 Å². The van der Waals surface area contributed by atoms with E-state index < -0.39 is 18.2 Å². The number of aliphatic hydroxyl groups is 3. The predicted molar refractivity (Wildman–Crippen MR) is 232 cm³/mol. The zero-order valence-electron chi connectivity index (χ0n) is 35.9. The van der Waals surface area contributed by atoms with Crippen LogP contribution in [0.1, 0.15) is 264 Å². The maximum Gasteiger partial charge on any atom is 0.222 e. The van der Waals surface area contributed by atoms with Gasteiger partial charge in [0.25, 0.3) is 0 Å². The third-order valence-corrected chi connectivity index (χ3v) is 11.3. The fourth-order valence-corrected chi connectivity index (χ4v) is 7.64. The molecule has 0 heterocycles. The van der Waals surface area contributed by atoms with Gasteiger partial charge in [-0.2, -0.15) is 0 Å². The van der Waals surface area contributed by atoms with Gasteiger partial charge in [-0.05, 0) is 38.5 Å². The van der Waals surface area contributed by atoms with Crippen LogP contribution < -0.4 is 5.32 Å². The van der Waals surface area contributed by atoms with Crippen LogP contribution in [0.4, 0.5) is 0 Å². The third-order valence-electron chi connectivity index (χ3n) is 11.3. The van der Waals surface area contributed by atoms with Crippen molar-refractivity contribution in [1.29, 1.82) is 0 Å². The summed E-state index contributed by atoms with van der Waals surface area (Å²) in [4.78, 5) is 12.5. The van der Waals surface area contributed by atoms with Crippen molar-refractivity contribution in [3.63, 3.8) is 0 Å². The van der Waals surface area contributed by atoms with Crippen LogP contribution in [-0.4, -0.2) is 46.1 Å². The summed E-state index contributed by atoms with van der Waals surface area (Å²) in [5.74, 6) is -0.282. The Bertz CT molecular complexity index is 743. The lowest BCUT2D eigenvalue weighted by molar-refractivity contribution is -0.125. The molecular weight excluding hydrogens is 655 g/mol. The third kappa shape index (κ3) is 40.6. The number of hydrogen-bond donors (Lipinski definition) is 4. The minimum absolute atomic E-state index is 0.0376. The van der Waals surface area contributed by atoms with Gasteiger partial charge in [0, 0.05) is 0 Å². The van der Waals surface area contributed by atoms with Crippen LogP contribution in [-0.2, 0) is 4.79 Å². The summed E-state index contributed by atoms with van der Waals surface area (Å²) >= 11 is 0. The number of aliphatic hydroxyl groups excluding tert-OH is 3. The highest BCUT2D eigenvalue weighted by molar-refractivity contribution is 5.76. The molecule has 0 aliphatic rings. The smallest absolute Gasteiger partial charge is 0.222 e. The Labute approximate surface area is 331 Å². The first kappa shape index (κ1) is 52.1. The number of unbranched alkanes of at least 4 members (excludes halogenated alkanes) is 33. The van der Waals surface area contributed by atoms with Gasteiger partial charge < -0.3 is 20.6 Å². The molecule has 1 amide bonds. The van der Waals surface area contributed by atoms with Gasteiger partial charge in [0.1, 0.15) is 0 Å². The second kappa shape index (κ2) is 43.8. The maximum absolute atomic E-state index is 12.5. The molecule has 0 saturated carbocycles. The van der Waals surface area contributed by atoms with E-state index in [1.807, 2.05) is 0 Å². The number of rotatable bonds is 44. The van der Waals surface area contributed by atoms with Crippen molar-refractivity contribution in [2.24, 2.45) is 0 Å². The summed E-state index contributed by atoms with van der Waals surface area (Å²) < 4.78 is 0. The van der Waals surface area contributed by atoms with E-state index in [1.54, 1.807) is 0 Å². The van der Waals surface area contributed by atoms with Gasteiger partial charge >= 0.3 is 0 Å². The lowest BCUT2D eigenvalue weighted by Gasteiger charge is -2.23. The first-order valence-corrected chi connectivity index (χ1v) is 24.0. The van der Waals surface area contributed by atoms with Gasteiger partial charge in [0.2, 0.25) is 5.91 Å². The molecule has 0 rings (SSSR count). The Hall–Kier alpha value is -0.910. The largest absolute Gasteiger partial charge is 0.394 e. The summed E-state index contributed by atoms with van der Waals surface area (Å²) in [7, 11) is 0. The summed E-state index contributed by atoms with van der Waals surface area (Å²) in [6.07, 6.45) is 51.9. The van der Waals surface area contributed by atoms with Gasteiger partial charge in [-0.25, -0.2) is 0 Å². The molecule has 0 bridgehead atoms. The van der Waals surface area contributed by atoms with Gasteiger partial charge in [0.15, 0.2) is 0 Å². The first-order chi connectivity index (χ1) is 26.0. The molecule has 0 spiro atoms. The van der Waals surface area contributed by atoms with Crippen molar-refractivity contribution in [1.82, 2.24) is 5.32 Å². The van der Waals surface area contributed by atoms with Crippen LogP contribution in [0.5, 0.6) is 0 Å². The molecule has 0 aromatic rings. The summed E-state index contributed by atoms with van der Waals surface area (Å²) in [6, 6.07) is -0.656. The number of hydrogen-bond acceptors (Lipinski definition) is 4. The van der Waals surface area contributed by atoms with E-state index in [4.69, 9.17) is 0 Å². The second-order valence-corrected chi connectivity index (χ2v) is 16.7. The van der Waals surface area contributed by atoms with Crippen LogP contribution >= 0.6 is 0 Å². The average Bonchev–Trinajstić information content (AvgIpc) is 3.15. The van der Waals surface area contributed by atoms with Crippen molar-refractivity contribution in [3.8, 4) is 0 Å². The Morgan fingerprint density at radius 2 is 0.755 bits per heavy atom. The zero-order chi connectivity index (χ0) is 38.7. The lowest BCUT2D eigenvalue weighted by atomic mass is 10.0. The zero-order valence-corrected chi connectivity index (χ0v) is 35.9. The van der Waals surface area contributed by atoms with E-state index in [1.165, 1.54) is 205 Å². The predicted octanol–water partition coefficient (Wildman–Crippen LogP) is 14.0. The molecular formula is C48H95NO4. The van der Waals surface area contributed by atoms with E-state index in [0.717, 1.165) is 25.7 Å². The standard InChI is InChI=1S/C48H95NO4/c1-3-5-7-9-11-13-15-17-19-20-21-22-23-24-25-26-27-28-29-31-33-35-37-39-41-45(51)43-48(53)49-46(44-50)47(52)42-40-38-36-34-32-30-18-16-14-12-10-8-6-4-2/h24-25,45-47,50-52H,3-23,26-44H2,1-2H3,(H,49,53)/b25-24-. The lowest BCUT2D eigenvalue weighted by Crippen LogP contribution is -2.46. The molecule has 5 heteroatoms. The molecule has 4 N–H and O–H groups in total. The van der Waals surface area contributed by atoms with E-state index in [2.05, 4.69) is 31.3 Å². The number of allylic oxidation sites excluding steroid dienone is 2. The van der Waals surface area contributed by atoms with E-state index >= 15 is 0 Å². The fourth-order valence-electron chi connectivity index (χ4n) is 7.64. The summed E-state index contributed by atoms with van der Waals surface area (Å²) in [6.45, 7) is 4.28. The van der Waals surface area contributed by atoms with Crippen molar-refractivity contribution in [3.05, 3.63) is 12.2 Å².